The minimum absolute atomic E-state index is 0.0920. The quantitative estimate of drug-likeness (QED) is 0.0362. The molecule has 0 aromatic carbocycles. The van der Waals surface area contributed by atoms with Crippen molar-refractivity contribution in [1.82, 2.24) is 42.1 Å². The number of nitrogens with two attached hydrogens (primary N) is 2. The Morgan fingerprint density at radius 3 is 1.40 bits per heavy atom. The Hall–Kier alpha value is -4.32. The van der Waals surface area contributed by atoms with Crippen LogP contribution in [0.1, 0.15) is 104 Å². The lowest BCUT2D eigenvalue weighted by molar-refractivity contribution is -0.139. The summed E-state index contributed by atoms with van der Waals surface area (Å²) < 4.78 is 0. The average Bonchev–Trinajstić information content (AvgIpc) is 4.02. The Bertz CT molecular complexity index is 1190. The van der Waals surface area contributed by atoms with E-state index in [4.69, 9.17) is 11.5 Å². The topological polar surface area (TPSA) is 276 Å². The van der Waals surface area contributed by atoms with E-state index in [1.54, 1.807) is 0 Å². The van der Waals surface area contributed by atoms with E-state index in [0.717, 1.165) is 30.6 Å². The highest BCUT2D eigenvalue weighted by Crippen LogP contribution is 2.21. The zero-order valence-corrected chi connectivity index (χ0v) is 31.4. The molecule has 11 N–H and O–H groups in total. The highest BCUT2D eigenvalue weighted by Gasteiger charge is 2.28. The van der Waals surface area contributed by atoms with Gasteiger partial charge in [-0.3, -0.25) is 38.4 Å². The molecule has 2 fully saturated rings. The Labute approximate surface area is 312 Å². The third kappa shape index (κ3) is 21.7. The number of hydrogen-bond donors (Lipinski definition) is 9. The van der Waals surface area contributed by atoms with Gasteiger partial charge in [-0.05, 0) is 83.5 Å². The largest absolute Gasteiger partial charge is 0.368 e. The van der Waals surface area contributed by atoms with Crippen LogP contribution in [0.4, 0.5) is 0 Å². The summed E-state index contributed by atoms with van der Waals surface area (Å²) in [6.07, 6.45) is 8.91. The van der Waals surface area contributed by atoms with Gasteiger partial charge in [0, 0.05) is 58.5 Å². The van der Waals surface area contributed by atoms with E-state index in [-0.39, 0.29) is 32.0 Å². The summed E-state index contributed by atoms with van der Waals surface area (Å²) in [4.78, 5) is 99.2. The number of amides is 8. The van der Waals surface area contributed by atoms with Crippen molar-refractivity contribution >= 4 is 47.3 Å². The Morgan fingerprint density at radius 1 is 0.566 bits per heavy atom. The van der Waals surface area contributed by atoms with Gasteiger partial charge in [-0.25, -0.2) is 0 Å². The molecule has 8 amide bonds. The highest BCUT2D eigenvalue weighted by atomic mass is 16.2. The number of hydrogen-bond acceptors (Lipinski definition) is 10. The van der Waals surface area contributed by atoms with Crippen LogP contribution in [0.5, 0.6) is 0 Å². The number of primary amides is 2. The first-order valence-electron chi connectivity index (χ1n) is 19.0. The van der Waals surface area contributed by atoms with Crippen molar-refractivity contribution in [2.45, 2.75) is 134 Å². The summed E-state index contributed by atoms with van der Waals surface area (Å²) >= 11 is 0. The van der Waals surface area contributed by atoms with E-state index in [1.807, 2.05) is 0 Å². The lowest BCUT2D eigenvalue weighted by Gasteiger charge is -2.23. The Balaban J connectivity index is 1.86. The van der Waals surface area contributed by atoms with E-state index in [2.05, 4.69) is 37.2 Å². The zero-order valence-electron chi connectivity index (χ0n) is 31.4. The average molecular weight is 751 g/mol. The summed E-state index contributed by atoms with van der Waals surface area (Å²) in [5.74, 6) is -3.32. The van der Waals surface area contributed by atoms with Crippen LogP contribution in [0, 0.1) is 0 Å². The van der Waals surface area contributed by atoms with Crippen molar-refractivity contribution in [3.05, 3.63) is 0 Å². The maximum Gasteiger partial charge on any atom is 0.242 e. The van der Waals surface area contributed by atoms with Gasteiger partial charge in [0.2, 0.25) is 47.3 Å². The molecule has 0 aliphatic heterocycles. The van der Waals surface area contributed by atoms with Crippen molar-refractivity contribution in [2.24, 2.45) is 11.5 Å². The normalized spacial score (nSPS) is 15.3. The fourth-order valence-corrected chi connectivity index (χ4v) is 5.60. The number of carbonyl (C=O) groups is 8. The second-order valence-corrected chi connectivity index (χ2v) is 14.0. The summed E-state index contributed by atoms with van der Waals surface area (Å²) in [6, 6.07) is -1.01. The molecule has 2 aliphatic rings. The van der Waals surface area contributed by atoms with Gasteiger partial charge in [-0.15, -0.1) is 0 Å². The highest BCUT2D eigenvalue weighted by molar-refractivity contribution is 5.90. The second kappa shape index (κ2) is 24.8. The SMILES string of the molecule is CC(=O)NCCCC[C@H](NC(C)=O)C(=O)NCCC(=O)N(CC(=O)NCCCC[C@H](NC1CC1)C(N)=O)CC(=O)NCCCC[C@H](NC1CC1)C(N)=O. The molecule has 2 saturated carbocycles. The van der Waals surface area contributed by atoms with Gasteiger partial charge in [-0.1, -0.05) is 0 Å². The summed E-state index contributed by atoms with van der Waals surface area (Å²) in [7, 11) is 0. The molecule has 3 atom stereocenters. The molecule has 0 spiro atoms. The van der Waals surface area contributed by atoms with Crippen LogP contribution in [0.25, 0.3) is 0 Å². The number of rotatable bonds is 30. The third-order valence-corrected chi connectivity index (χ3v) is 8.85. The van der Waals surface area contributed by atoms with E-state index in [9.17, 15) is 38.4 Å². The van der Waals surface area contributed by atoms with Gasteiger partial charge in [-0.2, -0.15) is 0 Å². The maximum atomic E-state index is 13.3. The van der Waals surface area contributed by atoms with E-state index in [0.29, 0.717) is 89.5 Å². The molecular weight excluding hydrogens is 688 g/mol. The van der Waals surface area contributed by atoms with E-state index < -0.39 is 59.5 Å². The first-order chi connectivity index (χ1) is 25.2. The standard InChI is InChI=1S/C35H62N10O8/c1-23(46)38-17-6-5-11-29(42-24(2)47)35(53)41-20-16-32(50)45(21-30(48)39-18-7-3-9-27(33(36)51)43-25-12-13-25)22-31(49)40-19-8-4-10-28(34(37)52)44-26-14-15-26/h25-29,43-44H,3-22H2,1-2H3,(H2,36,51)(H2,37,52)(H,38,46)(H,39,48)(H,40,49)(H,41,53)(H,42,47)/t27-,28-,29-/m0/s1. The van der Waals surface area contributed by atoms with Crippen molar-refractivity contribution in [3.8, 4) is 0 Å². The number of nitrogens with one attached hydrogen (secondary N) is 7. The first kappa shape index (κ1) is 44.8. The van der Waals surface area contributed by atoms with Crippen LogP contribution in [0.3, 0.4) is 0 Å². The smallest absolute Gasteiger partial charge is 0.242 e. The van der Waals surface area contributed by atoms with Crippen LogP contribution in [-0.4, -0.2) is 122 Å². The van der Waals surface area contributed by atoms with Gasteiger partial charge in [0.05, 0.1) is 12.1 Å². The molecule has 300 valence electrons. The third-order valence-electron chi connectivity index (χ3n) is 8.85. The summed E-state index contributed by atoms with van der Waals surface area (Å²) in [6.45, 7) is 2.88. The fourth-order valence-electron chi connectivity index (χ4n) is 5.60. The lowest BCUT2D eigenvalue weighted by atomic mass is 10.1. The van der Waals surface area contributed by atoms with Gasteiger partial charge in [0.1, 0.15) is 19.1 Å². The number of carbonyl (C=O) groups excluding carboxylic acids is 8. The van der Waals surface area contributed by atoms with E-state index >= 15 is 0 Å². The molecule has 2 aliphatic carbocycles. The van der Waals surface area contributed by atoms with Gasteiger partial charge >= 0.3 is 0 Å². The molecule has 0 aromatic rings. The van der Waals surface area contributed by atoms with Crippen LogP contribution in [-0.2, 0) is 38.4 Å². The second-order valence-electron chi connectivity index (χ2n) is 14.0. The van der Waals surface area contributed by atoms with Gasteiger partial charge in [0.15, 0.2) is 0 Å². The maximum absolute atomic E-state index is 13.3. The van der Waals surface area contributed by atoms with Crippen LogP contribution in [0.15, 0.2) is 0 Å². The first-order valence-corrected chi connectivity index (χ1v) is 19.0. The molecule has 2 rings (SSSR count). The molecule has 53 heavy (non-hydrogen) atoms. The van der Waals surface area contributed by atoms with Gasteiger partial charge in [0.25, 0.3) is 0 Å². The zero-order chi connectivity index (χ0) is 39.2. The minimum atomic E-state index is -0.835. The number of unbranched alkanes of at least 4 members (excludes halogenated alkanes) is 3. The van der Waals surface area contributed by atoms with E-state index in [1.165, 1.54) is 13.8 Å². The van der Waals surface area contributed by atoms with Crippen LogP contribution in [0.2, 0.25) is 0 Å². The molecule has 0 heterocycles. The molecule has 0 unspecified atom stereocenters. The van der Waals surface area contributed by atoms with Crippen LogP contribution >= 0.6 is 0 Å². The predicted molar refractivity (Wildman–Crippen MR) is 196 cm³/mol. The monoisotopic (exact) mass is 750 g/mol. The lowest BCUT2D eigenvalue weighted by Crippen LogP contribution is -2.48. The Kier molecular flexibility index (Phi) is 21.0. The Morgan fingerprint density at radius 2 is 1.00 bits per heavy atom. The molecule has 18 heteroatoms. The summed E-state index contributed by atoms with van der Waals surface area (Å²) in [5, 5.41) is 19.9. The molecule has 18 nitrogen and oxygen atoms in total. The van der Waals surface area contributed by atoms with Crippen molar-refractivity contribution < 1.29 is 38.4 Å². The van der Waals surface area contributed by atoms with Crippen LogP contribution < -0.4 is 48.7 Å². The van der Waals surface area contributed by atoms with Gasteiger partial charge < -0.3 is 53.6 Å². The molecule has 0 saturated heterocycles. The number of nitrogens with zero attached hydrogens (tertiary/aromatic N) is 1. The van der Waals surface area contributed by atoms with Crippen molar-refractivity contribution in [2.75, 3.05) is 39.3 Å². The molecule has 0 bridgehead atoms. The summed E-state index contributed by atoms with van der Waals surface area (Å²) in [5.41, 5.74) is 11.0. The molecular formula is C35H62N10O8. The molecule has 0 aromatic heterocycles. The molecule has 0 radical (unpaired) electrons. The van der Waals surface area contributed by atoms with Crippen molar-refractivity contribution in [1.29, 1.82) is 0 Å². The predicted octanol–water partition coefficient (Wildman–Crippen LogP) is -2.08. The van der Waals surface area contributed by atoms with Crippen molar-refractivity contribution in [3.63, 3.8) is 0 Å². The minimum Gasteiger partial charge on any atom is -0.368 e. The fraction of sp³-hybridized carbons (Fsp3) is 0.771.